The molecule has 2 fully saturated rings. The van der Waals surface area contributed by atoms with Gasteiger partial charge in [-0.3, -0.25) is 19.2 Å². The zero-order valence-corrected chi connectivity index (χ0v) is 23.7. The van der Waals surface area contributed by atoms with Crippen molar-refractivity contribution in [2.75, 3.05) is 6.54 Å². The molecule has 4 rings (SSSR count). The van der Waals surface area contributed by atoms with Gasteiger partial charge in [-0.2, -0.15) is 5.01 Å². The van der Waals surface area contributed by atoms with Crippen molar-refractivity contribution in [1.82, 2.24) is 10.0 Å². The number of hydrogen-bond acceptors (Lipinski definition) is 4. The summed E-state index contributed by atoms with van der Waals surface area (Å²) < 4.78 is 0.785. The molecule has 0 N–H and O–H groups in total. The van der Waals surface area contributed by atoms with Crippen molar-refractivity contribution in [3.8, 4) is 0 Å². The lowest BCUT2D eigenvalue weighted by Crippen LogP contribution is -2.52. The van der Waals surface area contributed by atoms with Crippen molar-refractivity contribution in [3.05, 3.63) is 68.1 Å². The summed E-state index contributed by atoms with van der Waals surface area (Å²) >= 11 is 22.7. The second kappa shape index (κ2) is 10.4. The van der Waals surface area contributed by atoms with Gasteiger partial charge in [0.2, 0.25) is 0 Å². The van der Waals surface area contributed by atoms with E-state index < -0.39 is 41.9 Å². The Morgan fingerprint density at radius 3 is 2.03 bits per heavy atom. The van der Waals surface area contributed by atoms with Gasteiger partial charge in [-0.05, 0) is 43.2 Å². The topological polar surface area (TPSA) is 74.8 Å². The number of rotatable bonds is 5. The van der Waals surface area contributed by atoms with Crippen LogP contribution in [0.4, 0.5) is 0 Å². The van der Waals surface area contributed by atoms with E-state index >= 15 is 0 Å². The van der Waals surface area contributed by atoms with Crippen molar-refractivity contribution in [1.29, 1.82) is 0 Å². The summed E-state index contributed by atoms with van der Waals surface area (Å²) in [4.78, 5) is 53.5. The van der Waals surface area contributed by atoms with Crippen LogP contribution in [0.15, 0.2) is 46.9 Å². The average Bonchev–Trinajstić information content (AvgIpc) is 3.02. The van der Waals surface area contributed by atoms with E-state index in [1.54, 1.807) is 24.3 Å². The van der Waals surface area contributed by atoms with Gasteiger partial charge in [-0.15, -0.1) is 0 Å². The van der Waals surface area contributed by atoms with Gasteiger partial charge in [-0.25, -0.2) is 5.01 Å². The predicted octanol–water partition coefficient (Wildman–Crippen LogP) is 5.92. The Balaban J connectivity index is 1.72. The number of nitrogens with zero attached hydrogens (tertiary/aromatic N) is 2. The standard InChI is InChI=1S/C23H17Br3Cl2N2O4/c24-12-3-1-11(2-4-12)20(31)10-29(21(32)14-6-5-13(27)7-19(14)28)30-22(33)15-8-17(25)18(26)9-16(15)23(30)34/h1-7,15-18H,8-10H2/t15-,16-,17-,18+/m1/s1. The smallest absolute Gasteiger partial charge is 0.274 e. The molecular formula is C23H17Br3Cl2N2O4. The lowest BCUT2D eigenvalue weighted by Gasteiger charge is -2.30. The molecule has 1 aliphatic carbocycles. The highest BCUT2D eigenvalue weighted by atomic mass is 79.9. The molecule has 1 aliphatic heterocycles. The van der Waals surface area contributed by atoms with Gasteiger partial charge < -0.3 is 0 Å². The molecule has 0 unspecified atom stereocenters. The predicted molar refractivity (Wildman–Crippen MR) is 139 cm³/mol. The van der Waals surface area contributed by atoms with Crippen LogP contribution >= 0.6 is 71.0 Å². The summed E-state index contributed by atoms with van der Waals surface area (Å²) in [5.74, 6) is -3.33. The second-order valence-corrected chi connectivity index (χ2v) is 12.2. The zero-order valence-electron chi connectivity index (χ0n) is 17.4. The number of alkyl halides is 2. The van der Waals surface area contributed by atoms with Gasteiger partial charge in [0.1, 0.15) is 6.54 Å². The number of carbonyl (C=O) groups is 4. The molecule has 1 saturated carbocycles. The summed E-state index contributed by atoms with van der Waals surface area (Å²) in [5, 5.41) is 2.13. The van der Waals surface area contributed by atoms with Crippen LogP contribution in [0, 0.1) is 11.8 Å². The number of fused-ring (bicyclic) bond motifs is 1. The molecule has 0 bridgehead atoms. The van der Waals surface area contributed by atoms with Gasteiger partial charge >= 0.3 is 0 Å². The molecule has 34 heavy (non-hydrogen) atoms. The van der Waals surface area contributed by atoms with Gasteiger partial charge in [0.05, 0.1) is 22.4 Å². The van der Waals surface area contributed by atoms with E-state index in [1.807, 2.05) is 0 Å². The molecule has 4 atom stereocenters. The number of carbonyl (C=O) groups excluding carboxylic acids is 4. The highest BCUT2D eigenvalue weighted by molar-refractivity contribution is 9.12. The fraction of sp³-hybridized carbons (Fsp3) is 0.304. The maximum atomic E-state index is 13.6. The van der Waals surface area contributed by atoms with Crippen molar-refractivity contribution >= 4 is 94.5 Å². The van der Waals surface area contributed by atoms with Crippen LogP contribution in [-0.4, -0.2) is 49.7 Å². The van der Waals surface area contributed by atoms with E-state index in [0.29, 0.717) is 23.4 Å². The van der Waals surface area contributed by atoms with Crippen molar-refractivity contribution in [2.24, 2.45) is 11.8 Å². The monoisotopic (exact) mass is 692 g/mol. The minimum absolute atomic E-state index is 0.00436. The molecular weight excluding hydrogens is 679 g/mol. The number of ketones is 1. The summed E-state index contributed by atoms with van der Waals surface area (Å²) in [5.41, 5.74) is 0.364. The molecule has 2 aromatic carbocycles. The highest BCUT2D eigenvalue weighted by Gasteiger charge is 2.54. The van der Waals surface area contributed by atoms with Crippen LogP contribution in [0.5, 0.6) is 0 Å². The maximum Gasteiger partial charge on any atom is 0.274 e. The number of hydrogen-bond donors (Lipinski definition) is 0. The number of benzene rings is 2. The molecule has 0 radical (unpaired) electrons. The molecule has 11 heteroatoms. The van der Waals surface area contributed by atoms with Crippen LogP contribution < -0.4 is 0 Å². The van der Waals surface area contributed by atoms with E-state index in [-0.39, 0.29) is 20.2 Å². The molecule has 1 heterocycles. The normalized spacial score (nSPS) is 24.2. The molecule has 3 amide bonds. The largest absolute Gasteiger partial charge is 0.292 e. The Morgan fingerprint density at radius 1 is 0.941 bits per heavy atom. The van der Waals surface area contributed by atoms with Crippen LogP contribution in [0.2, 0.25) is 10.0 Å². The first-order valence-corrected chi connectivity index (χ1v) is 13.7. The van der Waals surface area contributed by atoms with Gasteiger partial charge in [0.25, 0.3) is 17.7 Å². The molecule has 0 spiro atoms. The van der Waals surface area contributed by atoms with Crippen LogP contribution in [-0.2, 0) is 9.59 Å². The van der Waals surface area contributed by atoms with E-state index in [2.05, 4.69) is 47.8 Å². The first-order valence-electron chi connectivity index (χ1n) is 10.3. The molecule has 2 aromatic rings. The molecule has 6 nitrogen and oxygen atoms in total. The van der Waals surface area contributed by atoms with Crippen LogP contribution in [0.25, 0.3) is 0 Å². The average molecular weight is 696 g/mol. The molecule has 1 saturated heterocycles. The Kier molecular flexibility index (Phi) is 7.89. The van der Waals surface area contributed by atoms with E-state index in [4.69, 9.17) is 23.2 Å². The summed E-state index contributed by atoms with van der Waals surface area (Å²) in [7, 11) is 0. The fourth-order valence-electron chi connectivity index (χ4n) is 4.21. The molecule has 0 aromatic heterocycles. The SMILES string of the molecule is O=C(CN(C(=O)c1ccc(Cl)cc1Cl)N1C(=O)[C@@H]2C[C@@H](Br)[C@@H](Br)C[C@H]2C1=O)c1ccc(Br)cc1. The van der Waals surface area contributed by atoms with Gasteiger partial charge in [0.15, 0.2) is 5.78 Å². The third kappa shape index (κ3) is 5.00. The Morgan fingerprint density at radius 2 is 1.50 bits per heavy atom. The number of imide groups is 1. The Labute approximate surface area is 231 Å². The second-order valence-electron chi connectivity index (χ2n) is 8.12. The van der Waals surface area contributed by atoms with E-state index in [9.17, 15) is 19.2 Å². The number of hydrazine groups is 1. The molecule has 2 aliphatic rings. The zero-order chi connectivity index (χ0) is 24.7. The highest BCUT2D eigenvalue weighted by Crippen LogP contribution is 2.44. The lowest BCUT2D eigenvalue weighted by molar-refractivity contribution is -0.154. The fourth-order valence-corrected chi connectivity index (χ4v) is 6.20. The minimum atomic E-state index is -0.738. The molecule has 178 valence electrons. The third-order valence-electron chi connectivity index (χ3n) is 5.99. The van der Waals surface area contributed by atoms with E-state index in [1.165, 1.54) is 18.2 Å². The summed E-state index contributed by atoms with van der Waals surface area (Å²) in [6, 6.07) is 10.9. The van der Waals surface area contributed by atoms with Crippen LogP contribution in [0.1, 0.15) is 33.6 Å². The summed E-state index contributed by atoms with van der Waals surface area (Å²) in [6.45, 7) is -0.508. The van der Waals surface area contributed by atoms with E-state index in [0.717, 1.165) is 14.5 Å². The Hall–Kier alpha value is -1.26. The van der Waals surface area contributed by atoms with Gasteiger partial charge in [-0.1, -0.05) is 83.1 Å². The van der Waals surface area contributed by atoms with Gasteiger partial charge in [0, 0.05) is 24.7 Å². The minimum Gasteiger partial charge on any atom is -0.292 e. The maximum absolute atomic E-state index is 13.6. The van der Waals surface area contributed by atoms with Crippen molar-refractivity contribution in [3.63, 3.8) is 0 Å². The first kappa shape index (κ1) is 25.8. The summed E-state index contributed by atoms with van der Waals surface area (Å²) in [6.07, 6.45) is 0.873. The Bertz CT molecular complexity index is 1150. The third-order valence-corrected chi connectivity index (χ3v) is 9.80. The number of halogens is 5. The van der Waals surface area contributed by atoms with Crippen LogP contribution in [0.3, 0.4) is 0 Å². The van der Waals surface area contributed by atoms with Crippen molar-refractivity contribution in [2.45, 2.75) is 22.5 Å². The number of Topliss-reactive ketones (excluding diaryl/α,β-unsaturated/α-hetero) is 1. The first-order chi connectivity index (χ1) is 16.1. The van der Waals surface area contributed by atoms with Crippen molar-refractivity contribution < 1.29 is 19.2 Å². The quantitative estimate of drug-likeness (QED) is 0.221. The lowest BCUT2D eigenvalue weighted by atomic mass is 9.81. The number of amides is 3.